The van der Waals surface area contributed by atoms with Crippen LogP contribution in [0.2, 0.25) is 0 Å². The van der Waals surface area contributed by atoms with Crippen molar-refractivity contribution in [3.8, 4) is 33.4 Å². The summed E-state index contributed by atoms with van der Waals surface area (Å²) in [4.78, 5) is 10.0. The van der Waals surface area contributed by atoms with E-state index in [1.54, 1.807) is 0 Å². The molecule has 0 aliphatic rings. The van der Waals surface area contributed by atoms with Crippen molar-refractivity contribution in [3.63, 3.8) is 0 Å². The van der Waals surface area contributed by atoms with E-state index in [0.29, 0.717) is 0 Å². The Morgan fingerprint density at radius 2 is 0.923 bits per heavy atom. The molecule has 1 unspecified atom stereocenters. The van der Waals surface area contributed by atoms with Gasteiger partial charge in [-0.15, -0.1) is 0 Å². The molecule has 126 valence electrons. The molecule has 4 aromatic carbocycles. The maximum absolute atomic E-state index is 10.0. The highest BCUT2D eigenvalue weighted by atomic mass is 31.1. The zero-order valence-electron chi connectivity index (χ0n) is 14.3. The molecule has 4 aromatic rings. The minimum atomic E-state index is -0.250. The van der Waals surface area contributed by atoms with Crippen molar-refractivity contribution in [2.75, 3.05) is 0 Å². The van der Waals surface area contributed by atoms with E-state index in [9.17, 15) is 4.89 Å². The van der Waals surface area contributed by atoms with Crippen molar-refractivity contribution < 1.29 is 4.89 Å². The van der Waals surface area contributed by atoms with E-state index in [1.165, 1.54) is 16.7 Å². The van der Waals surface area contributed by atoms with Crippen LogP contribution >= 0.6 is 8.81 Å². The van der Waals surface area contributed by atoms with Crippen molar-refractivity contribution >= 4 is 14.1 Å². The van der Waals surface area contributed by atoms with E-state index < -0.39 is 0 Å². The monoisotopic (exact) mass is 354 g/mol. The van der Waals surface area contributed by atoms with Gasteiger partial charge in [0.2, 0.25) is 0 Å². The van der Waals surface area contributed by atoms with E-state index in [4.69, 9.17) is 0 Å². The second-order valence-corrected chi connectivity index (χ2v) is 6.88. The van der Waals surface area contributed by atoms with Crippen LogP contribution in [0.25, 0.3) is 33.4 Å². The molecule has 0 radical (unpaired) electrons. The Morgan fingerprint density at radius 1 is 0.462 bits per heavy atom. The highest BCUT2D eigenvalue weighted by molar-refractivity contribution is 7.41. The molecule has 0 aliphatic carbocycles. The molecule has 4 rings (SSSR count). The van der Waals surface area contributed by atoms with Crippen LogP contribution in [0.15, 0.2) is 103 Å². The summed E-state index contributed by atoms with van der Waals surface area (Å²) in [6.07, 6.45) is 0. The Labute approximate surface area is 155 Å². The fourth-order valence-electron chi connectivity index (χ4n) is 3.36. The van der Waals surface area contributed by atoms with Crippen LogP contribution in [-0.2, 0) is 0 Å². The van der Waals surface area contributed by atoms with Crippen LogP contribution in [0, 0.1) is 0 Å². The molecule has 0 bridgehead atoms. The summed E-state index contributed by atoms with van der Waals surface area (Å²) in [5.41, 5.74) is 6.92. The number of hydrogen-bond acceptors (Lipinski definition) is 1. The van der Waals surface area contributed by atoms with Crippen LogP contribution < -0.4 is 5.30 Å². The lowest BCUT2D eigenvalue weighted by atomic mass is 9.87. The molecule has 0 heterocycles. The SMILES string of the molecule is OPc1ccc(-c2ccccc2)c(-c2ccccc2)c1-c1ccccc1. The average Bonchev–Trinajstić information content (AvgIpc) is 2.74. The largest absolute Gasteiger partial charge is 0.372 e. The summed E-state index contributed by atoms with van der Waals surface area (Å²) in [5, 5.41) is 0.967. The summed E-state index contributed by atoms with van der Waals surface area (Å²) < 4.78 is 0. The lowest BCUT2D eigenvalue weighted by molar-refractivity contribution is 0.655. The van der Waals surface area contributed by atoms with Crippen molar-refractivity contribution in [2.24, 2.45) is 0 Å². The molecular weight excluding hydrogens is 335 g/mol. The zero-order valence-corrected chi connectivity index (χ0v) is 15.3. The molecule has 0 saturated heterocycles. The fraction of sp³-hybridized carbons (Fsp3) is 0. The van der Waals surface area contributed by atoms with Crippen molar-refractivity contribution in [2.45, 2.75) is 0 Å². The van der Waals surface area contributed by atoms with Crippen LogP contribution in [0.5, 0.6) is 0 Å². The first kappa shape index (κ1) is 16.7. The third kappa shape index (κ3) is 3.20. The smallest absolute Gasteiger partial charge is 0.0426 e. The first-order valence-corrected chi connectivity index (χ1v) is 9.56. The maximum atomic E-state index is 10.0. The molecule has 0 amide bonds. The van der Waals surface area contributed by atoms with Crippen LogP contribution in [0.1, 0.15) is 0 Å². The van der Waals surface area contributed by atoms with Crippen LogP contribution in [0.3, 0.4) is 0 Å². The van der Waals surface area contributed by atoms with Gasteiger partial charge in [-0.2, -0.15) is 0 Å². The number of hydrogen-bond donors (Lipinski definition) is 1. The second kappa shape index (κ2) is 7.66. The lowest BCUT2D eigenvalue weighted by Gasteiger charge is -2.19. The standard InChI is InChI=1S/C24H19OP/c25-26-22-17-16-21(18-10-4-1-5-11-18)23(19-12-6-2-7-13-19)24(22)20-14-8-3-9-15-20/h1-17,25-26H. The van der Waals surface area contributed by atoms with Gasteiger partial charge in [-0.3, -0.25) is 0 Å². The van der Waals surface area contributed by atoms with Crippen LogP contribution in [0.4, 0.5) is 0 Å². The maximum Gasteiger partial charge on any atom is 0.0426 e. The summed E-state index contributed by atoms with van der Waals surface area (Å²) >= 11 is 0. The highest BCUT2D eigenvalue weighted by Gasteiger charge is 2.17. The molecule has 0 fully saturated rings. The summed E-state index contributed by atoms with van der Waals surface area (Å²) in [5.74, 6) is 0. The van der Waals surface area contributed by atoms with Crippen molar-refractivity contribution in [1.82, 2.24) is 0 Å². The summed E-state index contributed by atoms with van der Waals surface area (Å²) in [6.45, 7) is 0. The van der Waals surface area contributed by atoms with Gasteiger partial charge in [0, 0.05) is 14.1 Å². The van der Waals surface area contributed by atoms with E-state index in [2.05, 4.69) is 72.8 Å². The van der Waals surface area contributed by atoms with Gasteiger partial charge in [0.1, 0.15) is 0 Å². The molecule has 0 spiro atoms. The Bertz CT molecular complexity index is 996. The van der Waals surface area contributed by atoms with E-state index in [-0.39, 0.29) is 8.81 Å². The Kier molecular flexibility index (Phi) is 4.93. The predicted molar refractivity (Wildman–Crippen MR) is 113 cm³/mol. The first-order valence-electron chi connectivity index (χ1n) is 8.62. The molecular formula is C24H19OP. The minimum absolute atomic E-state index is 0.250. The van der Waals surface area contributed by atoms with Gasteiger partial charge >= 0.3 is 0 Å². The molecule has 0 aliphatic heterocycles. The molecule has 1 nitrogen and oxygen atoms in total. The Morgan fingerprint density at radius 3 is 1.42 bits per heavy atom. The zero-order chi connectivity index (χ0) is 17.8. The normalized spacial score (nSPS) is 11.1. The topological polar surface area (TPSA) is 20.2 Å². The minimum Gasteiger partial charge on any atom is -0.372 e. The predicted octanol–water partition coefficient (Wildman–Crippen LogP) is 5.90. The fourth-order valence-corrected chi connectivity index (χ4v) is 3.90. The molecule has 26 heavy (non-hydrogen) atoms. The summed E-state index contributed by atoms with van der Waals surface area (Å²) in [7, 11) is -0.250. The highest BCUT2D eigenvalue weighted by Crippen LogP contribution is 2.40. The molecule has 2 heteroatoms. The number of rotatable bonds is 4. The Hall–Kier alpha value is -2.73. The molecule has 1 atom stereocenters. The third-order valence-electron chi connectivity index (χ3n) is 4.54. The van der Waals surface area contributed by atoms with Gasteiger partial charge in [0.25, 0.3) is 0 Å². The lowest BCUT2D eigenvalue weighted by Crippen LogP contribution is -2.04. The van der Waals surface area contributed by atoms with Gasteiger partial charge in [-0.1, -0.05) is 103 Å². The van der Waals surface area contributed by atoms with Gasteiger partial charge < -0.3 is 4.89 Å². The summed E-state index contributed by atoms with van der Waals surface area (Å²) in [6, 6.07) is 35.4. The van der Waals surface area contributed by atoms with E-state index in [1.807, 2.05) is 30.3 Å². The third-order valence-corrected chi connectivity index (χ3v) is 5.19. The van der Waals surface area contributed by atoms with Gasteiger partial charge in [0.05, 0.1) is 0 Å². The molecule has 1 N–H and O–H groups in total. The number of benzene rings is 4. The van der Waals surface area contributed by atoms with Crippen molar-refractivity contribution in [1.29, 1.82) is 0 Å². The van der Waals surface area contributed by atoms with E-state index in [0.717, 1.165) is 22.0 Å². The van der Waals surface area contributed by atoms with Crippen LogP contribution in [-0.4, -0.2) is 4.89 Å². The van der Waals surface area contributed by atoms with Gasteiger partial charge in [-0.05, 0) is 33.4 Å². The second-order valence-electron chi connectivity index (χ2n) is 6.12. The first-order chi connectivity index (χ1) is 12.9. The van der Waals surface area contributed by atoms with Gasteiger partial charge in [-0.25, -0.2) is 0 Å². The van der Waals surface area contributed by atoms with E-state index >= 15 is 0 Å². The van der Waals surface area contributed by atoms with Gasteiger partial charge in [0.15, 0.2) is 0 Å². The quantitative estimate of drug-likeness (QED) is 0.453. The molecule has 0 saturated carbocycles. The molecule has 0 aromatic heterocycles. The Balaban J connectivity index is 2.09. The van der Waals surface area contributed by atoms with Crippen molar-refractivity contribution in [3.05, 3.63) is 103 Å². The average molecular weight is 354 g/mol.